The van der Waals surface area contributed by atoms with E-state index in [-0.39, 0.29) is 6.61 Å². The Morgan fingerprint density at radius 2 is 1.86 bits per heavy atom. The summed E-state index contributed by atoms with van der Waals surface area (Å²) < 4.78 is 26.1. The molecular formula is C16H16F2N2O2. The van der Waals surface area contributed by atoms with E-state index in [2.05, 4.69) is 5.32 Å². The third-order valence-corrected chi connectivity index (χ3v) is 3.29. The molecule has 4 nitrogen and oxygen atoms in total. The quantitative estimate of drug-likeness (QED) is 0.911. The summed E-state index contributed by atoms with van der Waals surface area (Å²) in [6.45, 7) is -0.350. The molecule has 2 rings (SSSR count). The third-order valence-electron chi connectivity index (χ3n) is 3.29. The Morgan fingerprint density at radius 3 is 2.45 bits per heavy atom. The molecule has 0 unspecified atom stereocenters. The van der Waals surface area contributed by atoms with Gasteiger partial charge in [-0.3, -0.25) is 0 Å². The minimum Gasteiger partial charge on any atom is -0.394 e. The Morgan fingerprint density at radius 1 is 1.18 bits per heavy atom. The van der Waals surface area contributed by atoms with Crippen LogP contribution in [0.3, 0.4) is 0 Å². The highest BCUT2D eigenvalue weighted by atomic mass is 19.1. The average Bonchev–Trinajstić information content (AvgIpc) is 2.50. The molecule has 0 radical (unpaired) electrons. The molecule has 0 aliphatic heterocycles. The maximum absolute atomic E-state index is 13.3. The van der Waals surface area contributed by atoms with Gasteiger partial charge >= 0.3 is 6.03 Å². The largest absolute Gasteiger partial charge is 0.394 e. The number of hydrogen-bond acceptors (Lipinski definition) is 2. The monoisotopic (exact) mass is 306 g/mol. The fraction of sp³-hybridized carbons (Fsp3) is 0.188. The molecule has 6 heteroatoms. The number of hydrogen-bond donors (Lipinski definition) is 2. The van der Waals surface area contributed by atoms with Gasteiger partial charge in [-0.15, -0.1) is 0 Å². The lowest BCUT2D eigenvalue weighted by atomic mass is 10.1. The van der Waals surface area contributed by atoms with Crippen molar-refractivity contribution >= 4 is 11.7 Å². The van der Waals surface area contributed by atoms with E-state index < -0.39 is 23.7 Å². The van der Waals surface area contributed by atoms with Crippen LogP contribution in [0.4, 0.5) is 19.3 Å². The summed E-state index contributed by atoms with van der Waals surface area (Å²) in [6.07, 6.45) is 0. The number of aliphatic hydroxyl groups is 1. The number of halogens is 2. The van der Waals surface area contributed by atoms with Crippen LogP contribution in [0.2, 0.25) is 0 Å². The van der Waals surface area contributed by atoms with Crippen molar-refractivity contribution < 1.29 is 18.7 Å². The highest BCUT2D eigenvalue weighted by Crippen LogP contribution is 2.21. The Kier molecular flexibility index (Phi) is 5.06. The van der Waals surface area contributed by atoms with Gasteiger partial charge < -0.3 is 15.3 Å². The van der Waals surface area contributed by atoms with E-state index in [0.29, 0.717) is 11.3 Å². The standard InChI is InChI=1S/C16H16F2N2O2/c1-20(15(10-21)11-3-2-4-13(18)9-11)16(22)19-14-7-5-12(17)6-8-14/h2-9,15,21H,10H2,1H3,(H,19,22)/t15-/m1/s1. The molecule has 1 atom stereocenters. The lowest BCUT2D eigenvalue weighted by Gasteiger charge is -2.27. The van der Waals surface area contributed by atoms with E-state index in [1.54, 1.807) is 6.07 Å². The first kappa shape index (κ1) is 15.9. The second-order valence-electron chi connectivity index (χ2n) is 4.80. The summed E-state index contributed by atoms with van der Waals surface area (Å²) in [5.74, 6) is -0.845. The second kappa shape index (κ2) is 7.00. The molecule has 0 saturated carbocycles. The molecule has 0 heterocycles. The minimum atomic E-state index is -0.684. The molecule has 0 aliphatic rings. The zero-order valence-corrected chi connectivity index (χ0v) is 12.0. The fourth-order valence-corrected chi connectivity index (χ4v) is 2.05. The van der Waals surface area contributed by atoms with Gasteiger partial charge in [0.15, 0.2) is 0 Å². The van der Waals surface area contributed by atoms with Gasteiger partial charge in [-0.1, -0.05) is 12.1 Å². The predicted octanol–water partition coefficient (Wildman–Crippen LogP) is 3.16. The molecule has 0 spiro atoms. The number of nitrogens with one attached hydrogen (secondary N) is 1. The van der Waals surface area contributed by atoms with E-state index >= 15 is 0 Å². The third kappa shape index (κ3) is 3.79. The van der Waals surface area contributed by atoms with Crippen molar-refractivity contribution in [2.75, 3.05) is 19.0 Å². The first-order valence-corrected chi connectivity index (χ1v) is 6.67. The van der Waals surface area contributed by atoms with Crippen molar-refractivity contribution in [2.24, 2.45) is 0 Å². The number of urea groups is 1. The SMILES string of the molecule is CN(C(=O)Nc1ccc(F)cc1)[C@H](CO)c1cccc(F)c1. The van der Waals surface area contributed by atoms with Crippen molar-refractivity contribution in [3.8, 4) is 0 Å². The number of nitrogens with zero attached hydrogens (tertiary/aromatic N) is 1. The first-order chi connectivity index (χ1) is 10.5. The average molecular weight is 306 g/mol. The number of anilines is 1. The fourth-order valence-electron chi connectivity index (χ4n) is 2.05. The van der Waals surface area contributed by atoms with E-state index in [1.807, 2.05) is 0 Å². The normalized spacial score (nSPS) is 11.8. The van der Waals surface area contributed by atoms with E-state index in [0.717, 1.165) is 0 Å². The van der Waals surface area contributed by atoms with E-state index in [1.165, 1.54) is 54.4 Å². The summed E-state index contributed by atoms with van der Waals surface area (Å²) in [4.78, 5) is 13.4. The van der Waals surface area contributed by atoms with Gasteiger partial charge in [0.05, 0.1) is 12.6 Å². The molecule has 0 aromatic heterocycles. The van der Waals surface area contributed by atoms with Crippen LogP contribution in [0.15, 0.2) is 48.5 Å². The topological polar surface area (TPSA) is 52.6 Å². The van der Waals surface area contributed by atoms with Crippen LogP contribution in [0.1, 0.15) is 11.6 Å². The number of amides is 2. The molecule has 0 fully saturated rings. The van der Waals surface area contributed by atoms with Crippen molar-refractivity contribution in [1.29, 1.82) is 0 Å². The number of likely N-dealkylation sites (N-methyl/N-ethyl adjacent to an activating group) is 1. The Labute approximate surface area is 127 Å². The van der Waals surface area contributed by atoms with Crippen molar-refractivity contribution in [3.05, 3.63) is 65.7 Å². The zero-order chi connectivity index (χ0) is 16.1. The van der Waals surface area contributed by atoms with Crippen molar-refractivity contribution in [3.63, 3.8) is 0 Å². The van der Waals surface area contributed by atoms with Crippen molar-refractivity contribution in [1.82, 2.24) is 4.90 Å². The molecule has 22 heavy (non-hydrogen) atoms. The molecule has 0 saturated heterocycles. The van der Waals surface area contributed by atoms with Gasteiger partial charge in [0.1, 0.15) is 11.6 Å². The highest BCUT2D eigenvalue weighted by Gasteiger charge is 2.21. The number of benzene rings is 2. The van der Waals surface area contributed by atoms with Crippen LogP contribution in [-0.2, 0) is 0 Å². The van der Waals surface area contributed by atoms with Gasteiger partial charge in [0.2, 0.25) is 0 Å². The van der Waals surface area contributed by atoms with Gasteiger partial charge in [-0.25, -0.2) is 13.6 Å². The number of carbonyl (C=O) groups excluding carboxylic acids is 1. The molecule has 2 aromatic carbocycles. The van der Waals surface area contributed by atoms with E-state index in [9.17, 15) is 18.7 Å². The molecular weight excluding hydrogens is 290 g/mol. The molecule has 2 amide bonds. The lowest BCUT2D eigenvalue weighted by molar-refractivity contribution is 0.158. The number of aliphatic hydroxyl groups excluding tert-OH is 1. The number of rotatable bonds is 4. The number of carbonyl (C=O) groups is 1. The van der Waals surface area contributed by atoms with Crippen LogP contribution in [0.5, 0.6) is 0 Å². The first-order valence-electron chi connectivity index (χ1n) is 6.67. The highest BCUT2D eigenvalue weighted by molar-refractivity contribution is 5.89. The van der Waals surface area contributed by atoms with Crippen LogP contribution in [0, 0.1) is 11.6 Å². The van der Waals surface area contributed by atoms with Gasteiger partial charge in [-0.2, -0.15) is 0 Å². The molecule has 0 aliphatic carbocycles. The maximum atomic E-state index is 13.3. The van der Waals surface area contributed by atoms with Crippen LogP contribution in [-0.4, -0.2) is 29.7 Å². The summed E-state index contributed by atoms with van der Waals surface area (Å²) in [6, 6.07) is 9.83. The van der Waals surface area contributed by atoms with Crippen LogP contribution >= 0.6 is 0 Å². The summed E-state index contributed by atoms with van der Waals surface area (Å²) in [5.41, 5.74) is 0.911. The van der Waals surface area contributed by atoms with Gasteiger partial charge in [0, 0.05) is 12.7 Å². The van der Waals surface area contributed by atoms with Crippen molar-refractivity contribution in [2.45, 2.75) is 6.04 Å². The Bertz CT molecular complexity index is 647. The molecule has 2 N–H and O–H groups in total. The Hall–Kier alpha value is -2.47. The van der Waals surface area contributed by atoms with Gasteiger partial charge in [0.25, 0.3) is 0 Å². The van der Waals surface area contributed by atoms with Crippen LogP contribution in [0.25, 0.3) is 0 Å². The minimum absolute atomic E-state index is 0.350. The zero-order valence-electron chi connectivity index (χ0n) is 12.0. The molecule has 116 valence electrons. The predicted molar refractivity (Wildman–Crippen MR) is 79.4 cm³/mol. The van der Waals surface area contributed by atoms with E-state index in [4.69, 9.17) is 0 Å². The second-order valence-corrected chi connectivity index (χ2v) is 4.80. The summed E-state index contributed by atoms with van der Waals surface area (Å²) in [7, 11) is 1.49. The van der Waals surface area contributed by atoms with Gasteiger partial charge in [-0.05, 0) is 42.0 Å². The maximum Gasteiger partial charge on any atom is 0.322 e. The smallest absolute Gasteiger partial charge is 0.322 e. The molecule has 0 bridgehead atoms. The molecule has 2 aromatic rings. The lowest BCUT2D eigenvalue weighted by Crippen LogP contribution is -2.36. The summed E-state index contributed by atoms with van der Waals surface area (Å²) >= 11 is 0. The van der Waals surface area contributed by atoms with Crippen LogP contribution < -0.4 is 5.32 Å². The Balaban J connectivity index is 2.12. The summed E-state index contributed by atoms with van der Waals surface area (Å²) in [5, 5.41) is 12.1.